The van der Waals surface area contributed by atoms with E-state index in [1.807, 2.05) is 4.68 Å². The third kappa shape index (κ3) is 3.17. The van der Waals surface area contributed by atoms with E-state index in [0.29, 0.717) is 5.92 Å². The summed E-state index contributed by atoms with van der Waals surface area (Å²) in [4.78, 5) is 0. The zero-order valence-electron chi connectivity index (χ0n) is 13.0. The predicted molar refractivity (Wildman–Crippen MR) is 79.8 cm³/mol. The van der Waals surface area contributed by atoms with Crippen molar-refractivity contribution in [2.45, 2.75) is 65.0 Å². The first-order chi connectivity index (χ1) is 9.71. The molecule has 114 valence electrons. The molecule has 0 spiro atoms. The van der Waals surface area contributed by atoms with Crippen molar-refractivity contribution in [3.63, 3.8) is 0 Å². The Hall–Kier alpha value is -1.03. The zero-order chi connectivity index (χ0) is 14.5. The molecule has 20 heavy (non-hydrogen) atoms. The fourth-order valence-electron chi connectivity index (χ4n) is 3.36. The van der Waals surface area contributed by atoms with Gasteiger partial charge >= 0.3 is 0 Å². The standard InChI is InChI=1S/C16H28N2O2/c1-4-10-18-15(14(20-3)11-17-18)16(19)13-8-6-12(5-2)7-9-13/h11-13,16,19H,4-10H2,1-3H3. The topological polar surface area (TPSA) is 47.3 Å². The maximum absolute atomic E-state index is 10.8. The zero-order valence-corrected chi connectivity index (χ0v) is 13.0. The number of methoxy groups -OCH3 is 1. The van der Waals surface area contributed by atoms with E-state index in [2.05, 4.69) is 18.9 Å². The molecule has 1 N–H and O–H groups in total. The van der Waals surface area contributed by atoms with Crippen LogP contribution in [0.2, 0.25) is 0 Å². The van der Waals surface area contributed by atoms with Gasteiger partial charge in [-0.15, -0.1) is 0 Å². The van der Waals surface area contributed by atoms with Gasteiger partial charge in [-0.2, -0.15) is 5.10 Å². The van der Waals surface area contributed by atoms with Gasteiger partial charge in [0.1, 0.15) is 11.8 Å². The normalized spacial score (nSPS) is 24.6. The van der Waals surface area contributed by atoms with Crippen molar-refractivity contribution < 1.29 is 9.84 Å². The molecule has 0 radical (unpaired) electrons. The van der Waals surface area contributed by atoms with Gasteiger partial charge in [0.05, 0.1) is 13.3 Å². The van der Waals surface area contributed by atoms with Gasteiger partial charge in [-0.25, -0.2) is 0 Å². The number of aromatic nitrogens is 2. The lowest BCUT2D eigenvalue weighted by Gasteiger charge is -2.31. The highest BCUT2D eigenvalue weighted by Gasteiger charge is 2.30. The van der Waals surface area contributed by atoms with E-state index < -0.39 is 6.10 Å². The lowest BCUT2D eigenvalue weighted by molar-refractivity contribution is 0.0634. The van der Waals surface area contributed by atoms with Gasteiger partial charge in [-0.05, 0) is 31.1 Å². The monoisotopic (exact) mass is 280 g/mol. The first-order valence-corrected chi connectivity index (χ1v) is 7.98. The number of hydrogen-bond acceptors (Lipinski definition) is 3. The van der Waals surface area contributed by atoms with Gasteiger partial charge in [0, 0.05) is 6.54 Å². The summed E-state index contributed by atoms with van der Waals surface area (Å²) in [6.07, 6.45) is 8.25. The number of aliphatic hydroxyl groups excluding tert-OH is 1. The van der Waals surface area contributed by atoms with Gasteiger partial charge in [-0.1, -0.05) is 33.1 Å². The van der Waals surface area contributed by atoms with E-state index in [1.165, 1.54) is 19.3 Å². The van der Waals surface area contributed by atoms with Crippen molar-refractivity contribution in [1.29, 1.82) is 0 Å². The van der Waals surface area contributed by atoms with Crippen LogP contribution in [0.1, 0.15) is 64.2 Å². The third-order valence-corrected chi connectivity index (χ3v) is 4.70. The van der Waals surface area contributed by atoms with E-state index in [9.17, 15) is 5.11 Å². The molecule has 4 heteroatoms. The molecule has 1 atom stereocenters. The summed E-state index contributed by atoms with van der Waals surface area (Å²) in [5, 5.41) is 15.1. The highest BCUT2D eigenvalue weighted by Crippen LogP contribution is 2.40. The second kappa shape index (κ2) is 7.11. The van der Waals surface area contributed by atoms with Crippen molar-refractivity contribution in [3.05, 3.63) is 11.9 Å². The summed E-state index contributed by atoms with van der Waals surface area (Å²) in [7, 11) is 1.65. The Labute approximate surface area is 122 Å². The SMILES string of the molecule is CCCn1ncc(OC)c1C(O)C1CCC(CC)CC1. The van der Waals surface area contributed by atoms with Crippen molar-refractivity contribution in [1.82, 2.24) is 9.78 Å². The van der Waals surface area contributed by atoms with E-state index in [4.69, 9.17) is 4.74 Å². The molecule has 1 fully saturated rings. The van der Waals surface area contributed by atoms with Crippen LogP contribution in [0, 0.1) is 11.8 Å². The number of nitrogens with zero attached hydrogens (tertiary/aromatic N) is 2. The number of hydrogen-bond donors (Lipinski definition) is 1. The van der Waals surface area contributed by atoms with Crippen molar-refractivity contribution in [2.75, 3.05) is 7.11 Å². The quantitative estimate of drug-likeness (QED) is 0.867. The van der Waals surface area contributed by atoms with E-state index >= 15 is 0 Å². The minimum absolute atomic E-state index is 0.346. The Bertz CT molecular complexity index is 409. The Morgan fingerprint density at radius 1 is 1.35 bits per heavy atom. The highest BCUT2D eigenvalue weighted by molar-refractivity contribution is 5.27. The summed E-state index contributed by atoms with van der Waals surface area (Å²) in [5.41, 5.74) is 0.870. The average Bonchev–Trinajstić information content (AvgIpc) is 2.90. The molecule has 0 aliphatic heterocycles. The molecule has 0 amide bonds. The fourth-order valence-corrected chi connectivity index (χ4v) is 3.36. The Morgan fingerprint density at radius 2 is 2.05 bits per heavy atom. The van der Waals surface area contributed by atoms with Gasteiger partial charge in [0.2, 0.25) is 0 Å². The van der Waals surface area contributed by atoms with Crippen LogP contribution >= 0.6 is 0 Å². The molecule has 1 aliphatic carbocycles. The predicted octanol–water partition coefficient (Wildman–Crippen LogP) is 3.55. The first kappa shape index (κ1) is 15.4. The minimum atomic E-state index is -0.447. The molecular weight excluding hydrogens is 252 g/mol. The van der Waals surface area contributed by atoms with Crippen LogP contribution in [0.25, 0.3) is 0 Å². The second-order valence-corrected chi connectivity index (χ2v) is 5.96. The molecule has 0 aromatic carbocycles. The maximum atomic E-state index is 10.8. The smallest absolute Gasteiger partial charge is 0.162 e. The molecule has 1 heterocycles. The second-order valence-electron chi connectivity index (χ2n) is 5.96. The molecule has 1 aromatic rings. The molecule has 1 saturated carbocycles. The number of ether oxygens (including phenoxy) is 1. The molecule has 1 aliphatic rings. The van der Waals surface area contributed by atoms with Crippen molar-refractivity contribution in [3.8, 4) is 5.75 Å². The molecule has 1 unspecified atom stereocenters. The fraction of sp³-hybridized carbons (Fsp3) is 0.812. The van der Waals surface area contributed by atoms with Gasteiger partial charge in [0.25, 0.3) is 0 Å². The number of aliphatic hydroxyl groups is 1. The van der Waals surface area contributed by atoms with Crippen LogP contribution in [0.15, 0.2) is 6.20 Å². The lowest BCUT2D eigenvalue weighted by Crippen LogP contribution is -2.23. The van der Waals surface area contributed by atoms with E-state index in [0.717, 1.165) is 43.2 Å². The lowest BCUT2D eigenvalue weighted by atomic mass is 9.78. The van der Waals surface area contributed by atoms with Crippen LogP contribution in [-0.2, 0) is 6.54 Å². The van der Waals surface area contributed by atoms with Crippen LogP contribution in [0.4, 0.5) is 0 Å². The first-order valence-electron chi connectivity index (χ1n) is 7.98. The highest BCUT2D eigenvalue weighted by atomic mass is 16.5. The van der Waals surface area contributed by atoms with E-state index in [-0.39, 0.29) is 0 Å². The largest absolute Gasteiger partial charge is 0.493 e. The van der Waals surface area contributed by atoms with Gasteiger partial charge in [-0.3, -0.25) is 4.68 Å². The van der Waals surface area contributed by atoms with Crippen molar-refractivity contribution >= 4 is 0 Å². The molecule has 2 rings (SSSR count). The van der Waals surface area contributed by atoms with Gasteiger partial charge in [0.15, 0.2) is 5.75 Å². The molecule has 1 aromatic heterocycles. The number of aryl methyl sites for hydroxylation is 1. The summed E-state index contributed by atoms with van der Waals surface area (Å²) >= 11 is 0. The Morgan fingerprint density at radius 3 is 2.60 bits per heavy atom. The van der Waals surface area contributed by atoms with Crippen molar-refractivity contribution in [2.24, 2.45) is 11.8 Å². The minimum Gasteiger partial charge on any atom is -0.493 e. The maximum Gasteiger partial charge on any atom is 0.162 e. The molecular formula is C16H28N2O2. The van der Waals surface area contributed by atoms with Crippen LogP contribution < -0.4 is 4.74 Å². The number of rotatable bonds is 6. The van der Waals surface area contributed by atoms with Crippen LogP contribution in [-0.4, -0.2) is 22.0 Å². The summed E-state index contributed by atoms with van der Waals surface area (Å²) < 4.78 is 7.30. The van der Waals surface area contributed by atoms with E-state index in [1.54, 1.807) is 13.3 Å². The molecule has 4 nitrogen and oxygen atoms in total. The average molecular weight is 280 g/mol. The molecule has 0 saturated heterocycles. The van der Waals surface area contributed by atoms with Crippen LogP contribution in [0.5, 0.6) is 5.75 Å². The van der Waals surface area contributed by atoms with Crippen LogP contribution in [0.3, 0.4) is 0 Å². The Balaban J connectivity index is 2.11. The summed E-state index contributed by atoms with van der Waals surface area (Å²) in [6, 6.07) is 0. The Kier molecular flexibility index (Phi) is 5.46. The molecule has 0 bridgehead atoms. The van der Waals surface area contributed by atoms with Gasteiger partial charge < -0.3 is 9.84 Å². The third-order valence-electron chi connectivity index (χ3n) is 4.70. The summed E-state index contributed by atoms with van der Waals surface area (Å²) in [6.45, 7) is 5.22. The summed E-state index contributed by atoms with van der Waals surface area (Å²) in [5.74, 6) is 1.92.